The fraction of sp³-hybridized carbons (Fsp3) is 0.500. The van der Waals surface area contributed by atoms with Gasteiger partial charge in [0, 0.05) is 30.7 Å². The van der Waals surface area contributed by atoms with E-state index >= 15 is 0 Å². The second-order valence-electron chi connectivity index (χ2n) is 3.95. The molecule has 0 aliphatic carbocycles. The van der Waals surface area contributed by atoms with Crippen LogP contribution in [0.2, 0.25) is 0 Å². The predicted molar refractivity (Wildman–Crippen MR) is 66.8 cm³/mol. The van der Waals surface area contributed by atoms with Crippen molar-refractivity contribution in [3.05, 3.63) is 29.6 Å². The highest BCUT2D eigenvalue weighted by atomic mass is 32.2. The minimum absolute atomic E-state index is 0.120. The molecule has 0 bridgehead atoms. The van der Waals surface area contributed by atoms with Gasteiger partial charge in [-0.3, -0.25) is 9.78 Å². The molecule has 0 aromatic carbocycles. The molecule has 1 saturated heterocycles. The van der Waals surface area contributed by atoms with Gasteiger partial charge < -0.3 is 4.90 Å². The standard InChI is InChI=1S/C12H16N2OS/c1-10-3-4-11(9-13-10)12(15)14-5-2-7-16-8-6-14/h3-4,9H,2,5-8H2,1H3. The van der Waals surface area contributed by atoms with Gasteiger partial charge in [0.1, 0.15) is 0 Å². The van der Waals surface area contributed by atoms with Crippen LogP contribution in [0.1, 0.15) is 22.5 Å². The average molecular weight is 236 g/mol. The number of hydrogen-bond acceptors (Lipinski definition) is 3. The molecule has 3 nitrogen and oxygen atoms in total. The van der Waals surface area contributed by atoms with Crippen molar-refractivity contribution < 1.29 is 4.79 Å². The smallest absolute Gasteiger partial charge is 0.255 e. The first-order chi connectivity index (χ1) is 7.77. The molecule has 2 heterocycles. The second-order valence-corrected chi connectivity index (χ2v) is 5.17. The van der Waals surface area contributed by atoms with Crippen LogP contribution in [-0.4, -0.2) is 40.4 Å². The van der Waals surface area contributed by atoms with Gasteiger partial charge in [0.2, 0.25) is 0 Å². The van der Waals surface area contributed by atoms with Crippen molar-refractivity contribution in [2.75, 3.05) is 24.6 Å². The molecule has 0 radical (unpaired) electrons. The Morgan fingerprint density at radius 1 is 1.38 bits per heavy atom. The Morgan fingerprint density at radius 2 is 2.25 bits per heavy atom. The Kier molecular flexibility index (Phi) is 3.83. The van der Waals surface area contributed by atoms with E-state index < -0.39 is 0 Å². The highest BCUT2D eigenvalue weighted by Crippen LogP contribution is 2.13. The number of aromatic nitrogens is 1. The maximum absolute atomic E-state index is 12.1. The van der Waals surface area contributed by atoms with Crippen LogP contribution >= 0.6 is 11.8 Å². The quantitative estimate of drug-likeness (QED) is 0.747. The fourth-order valence-electron chi connectivity index (χ4n) is 1.73. The molecule has 1 aromatic heterocycles. The average Bonchev–Trinajstić information content (AvgIpc) is 2.57. The molecular weight excluding hydrogens is 220 g/mol. The molecule has 4 heteroatoms. The fourth-order valence-corrected chi connectivity index (χ4v) is 2.61. The van der Waals surface area contributed by atoms with Gasteiger partial charge in [-0.15, -0.1) is 0 Å². The molecule has 0 saturated carbocycles. The van der Waals surface area contributed by atoms with E-state index in [0.29, 0.717) is 5.56 Å². The molecule has 1 fully saturated rings. The Bertz CT molecular complexity index is 356. The number of thioether (sulfide) groups is 1. The lowest BCUT2D eigenvalue weighted by molar-refractivity contribution is 0.0768. The number of pyridine rings is 1. The summed E-state index contributed by atoms with van der Waals surface area (Å²) in [5.41, 5.74) is 1.65. The minimum Gasteiger partial charge on any atom is -0.338 e. The number of carbonyl (C=O) groups is 1. The van der Waals surface area contributed by atoms with E-state index in [1.807, 2.05) is 35.7 Å². The zero-order chi connectivity index (χ0) is 11.4. The molecule has 0 N–H and O–H groups in total. The van der Waals surface area contributed by atoms with Crippen molar-refractivity contribution in [3.63, 3.8) is 0 Å². The summed E-state index contributed by atoms with van der Waals surface area (Å²) >= 11 is 1.93. The molecule has 0 unspecified atom stereocenters. The van der Waals surface area contributed by atoms with E-state index in [1.54, 1.807) is 6.20 Å². The van der Waals surface area contributed by atoms with Gasteiger partial charge >= 0.3 is 0 Å². The largest absolute Gasteiger partial charge is 0.338 e. The maximum Gasteiger partial charge on any atom is 0.255 e. The molecule has 1 aliphatic rings. The lowest BCUT2D eigenvalue weighted by Gasteiger charge is -2.19. The van der Waals surface area contributed by atoms with Crippen LogP contribution in [0.25, 0.3) is 0 Å². The van der Waals surface area contributed by atoms with Crippen LogP contribution in [0.4, 0.5) is 0 Å². The Morgan fingerprint density at radius 3 is 3.00 bits per heavy atom. The number of nitrogens with zero attached hydrogens (tertiary/aromatic N) is 2. The van der Waals surface area contributed by atoms with Gasteiger partial charge in [0.05, 0.1) is 5.56 Å². The first-order valence-corrected chi connectivity index (χ1v) is 6.72. The normalized spacial score (nSPS) is 16.9. The topological polar surface area (TPSA) is 33.2 Å². The molecular formula is C12H16N2OS. The zero-order valence-corrected chi connectivity index (χ0v) is 10.3. The van der Waals surface area contributed by atoms with Crippen molar-refractivity contribution in [2.45, 2.75) is 13.3 Å². The van der Waals surface area contributed by atoms with Crippen LogP contribution < -0.4 is 0 Å². The Labute approximate surface area is 100 Å². The highest BCUT2D eigenvalue weighted by Gasteiger charge is 2.17. The van der Waals surface area contributed by atoms with E-state index in [2.05, 4.69) is 4.98 Å². The third kappa shape index (κ3) is 2.76. The third-order valence-electron chi connectivity index (χ3n) is 2.67. The molecule has 1 amide bonds. The number of aryl methyl sites for hydroxylation is 1. The molecule has 0 atom stereocenters. The van der Waals surface area contributed by atoms with Crippen LogP contribution in [0.3, 0.4) is 0 Å². The summed E-state index contributed by atoms with van der Waals surface area (Å²) in [5, 5.41) is 0. The van der Waals surface area contributed by atoms with Crippen LogP contribution in [0.15, 0.2) is 18.3 Å². The van der Waals surface area contributed by atoms with Crippen molar-refractivity contribution in [3.8, 4) is 0 Å². The van der Waals surface area contributed by atoms with E-state index in [1.165, 1.54) is 0 Å². The van der Waals surface area contributed by atoms with Gasteiger partial charge in [0.25, 0.3) is 5.91 Å². The van der Waals surface area contributed by atoms with E-state index in [-0.39, 0.29) is 5.91 Å². The van der Waals surface area contributed by atoms with Gasteiger partial charge in [-0.2, -0.15) is 11.8 Å². The van der Waals surface area contributed by atoms with Crippen molar-refractivity contribution in [1.82, 2.24) is 9.88 Å². The Balaban J connectivity index is 2.08. The van der Waals surface area contributed by atoms with Crippen molar-refractivity contribution in [2.24, 2.45) is 0 Å². The lowest BCUT2D eigenvalue weighted by Crippen LogP contribution is -2.32. The second kappa shape index (κ2) is 5.34. The van der Waals surface area contributed by atoms with E-state index in [4.69, 9.17) is 0 Å². The highest BCUT2D eigenvalue weighted by molar-refractivity contribution is 7.99. The van der Waals surface area contributed by atoms with Crippen LogP contribution in [-0.2, 0) is 0 Å². The molecule has 86 valence electrons. The van der Waals surface area contributed by atoms with E-state index in [9.17, 15) is 4.79 Å². The van der Waals surface area contributed by atoms with Crippen LogP contribution in [0.5, 0.6) is 0 Å². The first-order valence-electron chi connectivity index (χ1n) is 5.57. The SMILES string of the molecule is Cc1ccc(C(=O)N2CCCSCC2)cn1. The van der Waals surface area contributed by atoms with Crippen LogP contribution in [0, 0.1) is 6.92 Å². The molecule has 2 rings (SSSR count). The van der Waals surface area contributed by atoms with Gasteiger partial charge in [-0.05, 0) is 31.2 Å². The monoisotopic (exact) mass is 236 g/mol. The lowest BCUT2D eigenvalue weighted by atomic mass is 10.2. The molecule has 1 aliphatic heterocycles. The summed E-state index contributed by atoms with van der Waals surface area (Å²) < 4.78 is 0. The molecule has 16 heavy (non-hydrogen) atoms. The summed E-state index contributed by atoms with van der Waals surface area (Å²) in [7, 11) is 0. The van der Waals surface area contributed by atoms with Crippen molar-refractivity contribution >= 4 is 17.7 Å². The Hall–Kier alpha value is -1.03. The third-order valence-corrected chi connectivity index (χ3v) is 3.72. The van der Waals surface area contributed by atoms with Gasteiger partial charge in [-0.25, -0.2) is 0 Å². The summed E-state index contributed by atoms with van der Waals surface area (Å²) in [6, 6.07) is 3.75. The van der Waals surface area contributed by atoms with Gasteiger partial charge in [0.15, 0.2) is 0 Å². The number of amides is 1. The minimum atomic E-state index is 0.120. The number of rotatable bonds is 1. The van der Waals surface area contributed by atoms with Crippen molar-refractivity contribution in [1.29, 1.82) is 0 Å². The first kappa shape index (κ1) is 11.5. The van der Waals surface area contributed by atoms with E-state index in [0.717, 1.165) is 36.7 Å². The summed E-state index contributed by atoms with van der Waals surface area (Å²) in [6.45, 7) is 3.66. The summed E-state index contributed by atoms with van der Waals surface area (Å²) in [4.78, 5) is 18.2. The number of hydrogen-bond donors (Lipinski definition) is 0. The zero-order valence-electron chi connectivity index (χ0n) is 9.48. The summed E-state index contributed by atoms with van der Waals surface area (Å²) in [6.07, 6.45) is 2.77. The molecule has 1 aromatic rings. The van der Waals surface area contributed by atoms with Gasteiger partial charge in [-0.1, -0.05) is 0 Å². The number of carbonyl (C=O) groups excluding carboxylic acids is 1. The molecule has 0 spiro atoms. The maximum atomic E-state index is 12.1. The predicted octanol–water partition coefficient (Wildman–Crippen LogP) is 1.97. The summed E-state index contributed by atoms with van der Waals surface area (Å²) in [5.74, 6) is 2.33.